The van der Waals surface area contributed by atoms with E-state index in [2.05, 4.69) is 34.7 Å². The molecule has 4 heteroatoms. The first-order valence-electron chi connectivity index (χ1n) is 6.84. The Labute approximate surface area is 113 Å². The van der Waals surface area contributed by atoms with Crippen LogP contribution in [0.3, 0.4) is 0 Å². The van der Waals surface area contributed by atoms with E-state index in [4.69, 9.17) is 5.11 Å². The van der Waals surface area contributed by atoms with Crippen LogP contribution in [0.5, 0.6) is 0 Å². The first-order chi connectivity index (χ1) is 9.36. The number of anilines is 1. The lowest BCUT2D eigenvalue weighted by atomic mass is 9.88. The van der Waals surface area contributed by atoms with E-state index in [1.807, 2.05) is 12.4 Å². The molecule has 4 nitrogen and oxygen atoms in total. The van der Waals surface area contributed by atoms with Gasteiger partial charge in [0.05, 0.1) is 31.1 Å². The molecular weight excluding hydrogens is 238 g/mol. The predicted molar refractivity (Wildman–Crippen MR) is 75.1 cm³/mol. The van der Waals surface area contributed by atoms with Gasteiger partial charge in [-0.25, -0.2) is 0 Å². The van der Waals surface area contributed by atoms with E-state index in [9.17, 15) is 0 Å². The molecule has 1 heterocycles. The number of nitrogens with zero attached hydrogens (tertiary/aromatic N) is 2. The third kappa shape index (κ3) is 2.63. The number of aryl methyl sites for hydroxylation is 1. The number of benzene rings is 1. The van der Waals surface area contributed by atoms with Crippen LogP contribution >= 0.6 is 0 Å². The molecule has 1 aliphatic carbocycles. The lowest BCUT2D eigenvalue weighted by Gasteiger charge is -2.26. The van der Waals surface area contributed by atoms with Gasteiger partial charge in [0, 0.05) is 6.20 Å². The molecule has 19 heavy (non-hydrogen) atoms. The van der Waals surface area contributed by atoms with Crippen molar-refractivity contribution in [3.63, 3.8) is 0 Å². The van der Waals surface area contributed by atoms with E-state index in [0.29, 0.717) is 12.6 Å². The summed E-state index contributed by atoms with van der Waals surface area (Å²) in [5, 5.41) is 16.7. The number of aliphatic hydroxyl groups excluding tert-OH is 1. The Bertz CT molecular complexity index is 550. The first-order valence-corrected chi connectivity index (χ1v) is 6.84. The topological polar surface area (TPSA) is 50.1 Å². The molecule has 1 aromatic heterocycles. The van der Waals surface area contributed by atoms with Crippen LogP contribution in [-0.2, 0) is 13.0 Å². The highest BCUT2D eigenvalue weighted by atomic mass is 16.3. The van der Waals surface area contributed by atoms with Gasteiger partial charge in [0.1, 0.15) is 0 Å². The standard InChI is InChI=1S/C15H19N3O/c19-9-8-18-11-13(10-16-18)17-15-7-3-5-12-4-1-2-6-14(12)15/h1-2,4,6,10-11,15,17,19H,3,5,7-9H2. The van der Waals surface area contributed by atoms with Gasteiger partial charge >= 0.3 is 0 Å². The van der Waals surface area contributed by atoms with Crippen molar-refractivity contribution < 1.29 is 5.11 Å². The molecule has 1 aliphatic rings. The van der Waals surface area contributed by atoms with Gasteiger partial charge in [-0.05, 0) is 30.4 Å². The summed E-state index contributed by atoms with van der Waals surface area (Å²) < 4.78 is 1.76. The number of hydrogen-bond donors (Lipinski definition) is 2. The third-order valence-corrected chi connectivity index (χ3v) is 3.67. The summed E-state index contributed by atoms with van der Waals surface area (Å²) in [6, 6.07) is 9.02. The molecule has 0 aliphatic heterocycles. The molecule has 3 rings (SSSR count). The van der Waals surface area contributed by atoms with Crippen LogP contribution in [0.4, 0.5) is 5.69 Å². The minimum Gasteiger partial charge on any atom is -0.394 e. The molecule has 0 saturated heterocycles. The van der Waals surface area contributed by atoms with Crippen LogP contribution in [-0.4, -0.2) is 21.5 Å². The van der Waals surface area contributed by atoms with Gasteiger partial charge in [-0.15, -0.1) is 0 Å². The summed E-state index contributed by atoms with van der Waals surface area (Å²) in [5.41, 5.74) is 3.88. The Morgan fingerprint density at radius 1 is 1.37 bits per heavy atom. The average molecular weight is 257 g/mol. The second-order valence-corrected chi connectivity index (χ2v) is 5.00. The molecular formula is C15H19N3O. The third-order valence-electron chi connectivity index (χ3n) is 3.67. The van der Waals surface area contributed by atoms with Crippen LogP contribution in [0, 0.1) is 0 Å². The zero-order valence-corrected chi connectivity index (χ0v) is 10.9. The second kappa shape index (κ2) is 5.45. The van der Waals surface area contributed by atoms with Crippen molar-refractivity contribution in [2.75, 3.05) is 11.9 Å². The van der Waals surface area contributed by atoms with Crippen molar-refractivity contribution in [1.29, 1.82) is 0 Å². The molecule has 0 radical (unpaired) electrons. The maximum atomic E-state index is 8.90. The summed E-state index contributed by atoms with van der Waals surface area (Å²) in [6.07, 6.45) is 7.33. The molecule has 0 spiro atoms. The maximum Gasteiger partial charge on any atom is 0.0731 e. The maximum absolute atomic E-state index is 8.90. The van der Waals surface area contributed by atoms with Gasteiger partial charge in [0.25, 0.3) is 0 Å². The molecule has 0 amide bonds. The molecule has 100 valence electrons. The fraction of sp³-hybridized carbons (Fsp3) is 0.400. The summed E-state index contributed by atoms with van der Waals surface area (Å²) in [6.45, 7) is 0.663. The molecule has 0 saturated carbocycles. The molecule has 0 bridgehead atoms. The zero-order valence-electron chi connectivity index (χ0n) is 10.9. The Morgan fingerprint density at radius 2 is 2.26 bits per heavy atom. The van der Waals surface area contributed by atoms with E-state index in [0.717, 1.165) is 12.1 Å². The fourth-order valence-electron chi connectivity index (χ4n) is 2.77. The number of nitrogens with one attached hydrogen (secondary N) is 1. The van der Waals surface area contributed by atoms with E-state index in [1.54, 1.807) is 4.68 Å². The Kier molecular flexibility index (Phi) is 3.51. The Hall–Kier alpha value is -1.81. The van der Waals surface area contributed by atoms with Gasteiger partial charge in [0.2, 0.25) is 0 Å². The average Bonchev–Trinajstić information content (AvgIpc) is 2.87. The number of rotatable bonds is 4. The van der Waals surface area contributed by atoms with Gasteiger partial charge in [-0.3, -0.25) is 4.68 Å². The summed E-state index contributed by atoms with van der Waals surface area (Å²) in [5.74, 6) is 0. The van der Waals surface area contributed by atoms with Crippen LogP contribution in [0.15, 0.2) is 36.7 Å². The number of hydrogen-bond acceptors (Lipinski definition) is 3. The summed E-state index contributed by atoms with van der Waals surface area (Å²) in [7, 11) is 0. The predicted octanol–water partition coefficient (Wildman–Crippen LogP) is 2.36. The second-order valence-electron chi connectivity index (χ2n) is 5.00. The summed E-state index contributed by atoms with van der Waals surface area (Å²) >= 11 is 0. The van der Waals surface area contributed by atoms with Crippen molar-refractivity contribution in [3.8, 4) is 0 Å². The lowest BCUT2D eigenvalue weighted by Crippen LogP contribution is -2.17. The Morgan fingerprint density at radius 3 is 3.16 bits per heavy atom. The largest absolute Gasteiger partial charge is 0.394 e. The van der Waals surface area contributed by atoms with Crippen LogP contribution in [0.1, 0.15) is 30.0 Å². The molecule has 1 unspecified atom stereocenters. The molecule has 1 aromatic carbocycles. The molecule has 0 fully saturated rings. The number of aromatic nitrogens is 2. The lowest BCUT2D eigenvalue weighted by molar-refractivity contribution is 0.269. The van der Waals surface area contributed by atoms with E-state index < -0.39 is 0 Å². The van der Waals surface area contributed by atoms with Gasteiger partial charge < -0.3 is 10.4 Å². The molecule has 2 aromatic rings. The minimum absolute atomic E-state index is 0.118. The van der Waals surface area contributed by atoms with E-state index in [-0.39, 0.29) is 6.61 Å². The fourth-order valence-corrected chi connectivity index (χ4v) is 2.77. The van der Waals surface area contributed by atoms with Crippen LogP contribution in [0.2, 0.25) is 0 Å². The van der Waals surface area contributed by atoms with Crippen molar-refractivity contribution in [3.05, 3.63) is 47.8 Å². The van der Waals surface area contributed by atoms with Gasteiger partial charge in [-0.1, -0.05) is 24.3 Å². The van der Waals surface area contributed by atoms with Crippen molar-refractivity contribution in [2.24, 2.45) is 0 Å². The van der Waals surface area contributed by atoms with Crippen molar-refractivity contribution in [2.45, 2.75) is 31.8 Å². The van der Waals surface area contributed by atoms with Crippen LogP contribution in [0.25, 0.3) is 0 Å². The first kappa shape index (κ1) is 12.2. The van der Waals surface area contributed by atoms with Crippen LogP contribution < -0.4 is 5.32 Å². The van der Waals surface area contributed by atoms with Gasteiger partial charge in [-0.2, -0.15) is 5.10 Å². The number of fused-ring (bicyclic) bond motifs is 1. The highest BCUT2D eigenvalue weighted by Crippen LogP contribution is 2.32. The zero-order chi connectivity index (χ0) is 13.1. The van der Waals surface area contributed by atoms with Crippen molar-refractivity contribution in [1.82, 2.24) is 9.78 Å². The smallest absolute Gasteiger partial charge is 0.0731 e. The van der Waals surface area contributed by atoms with E-state index >= 15 is 0 Å². The highest BCUT2D eigenvalue weighted by Gasteiger charge is 2.19. The molecule has 2 N–H and O–H groups in total. The Balaban J connectivity index is 1.76. The number of aliphatic hydroxyl groups is 1. The molecule has 1 atom stereocenters. The van der Waals surface area contributed by atoms with Crippen molar-refractivity contribution >= 4 is 5.69 Å². The SMILES string of the molecule is OCCn1cc(NC2CCCc3ccccc32)cn1. The highest BCUT2D eigenvalue weighted by molar-refractivity contribution is 5.44. The van der Waals surface area contributed by atoms with Gasteiger partial charge in [0.15, 0.2) is 0 Å². The quantitative estimate of drug-likeness (QED) is 0.884. The summed E-state index contributed by atoms with van der Waals surface area (Å²) in [4.78, 5) is 0. The normalized spacial score (nSPS) is 18.1. The minimum atomic E-state index is 0.118. The van der Waals surface area contributed by atoms with E-state index in [1.165, 1.54) is 24.0 Å². The monoisotopic (exact) mass is 257 g/mol.